The molecule has 0 spiro atoms. The number of nitrogens with one attached hydrogen (secondary N) is 2. The molecule has 35 heavy (non-hydrogen) atoms. The molecule has 1 aliphatic rings. The lowest BCUT2D eigenvalue weighted by molar-refractivity contribution is -0.143. The number of unbranched alkanes of at least 4 members (excludes halogenated alkanes) is 1. The number of nitrogens with zero attached hydrogens (tertiary/aromatic N) is 1. The number of esters is 1. The van der Waals surface area contributed by atoms with Crippen LogP contribution in [0.2, 0.25) is 0 Å². The molecule has 7 heteroatoms. The van der Waals surface area contributed by atoms with Crippen LogP contribution in [-0.4, -0.2) is 34.5 Å². The molecule has 1 heterocycles. The van der Waals surface area contributed by atoms with E-state index in [1.807, 2.05) is 81.1 Å². The van der Waals surface area contributed by atoms with Gasteiger partial charge < -0.3 is 20.3 Å². The van der Waals surface area contributed by atoms with Crippen molar-refractivity contribution in [2.45, 2.75) is 66.0 Å². The van der Waals surface area contributed by atoms with Gasteiger partial charge in [0.2, 0.25) is 0 Å². The van der Waals surface area contributed by atoms with Gasteiger partial charge in [-0.05, 0) is 88.1 Å². The number of allylic oxidation sites excluding steroid dienone is 1. The molecule has 0 aromatic heterocycles. The van der Waals surface area contributed by atoms with Gasteiger partial charge >= 0.3 is 5.97 Å². The summed E-state index contributed by atoms with van der Waals surface area (Å²) in [6.07, 6.45) is 3.08. The summed E-state index contributed by atoms with van der Waals surface area (Å²) < 4.78 is 5.53. The van der Waals surface area contributed by atoms with Crippen LogP contribution in [0.4, 0.5) is 5.69 Å². The van der Waals surface area contributed by atoms with Gasteiger partial charge in [0, 0.05) is 23.5 Å². The maximum absolute atomic E-state index is 13.0. The molecule has 2 aromatic carbocycles. The van der Waals surface area contributed by atoms with Crippen molar-refractivity contribution in [3.8, 4) is 0 Å². The van der Waals surface area contributed by atoms with Crippen molar-refractivity contribution in [2.24, 2.45) is 0 Å². The first-order chi connectivity index (χ1) is 16.7. The highest BCUT2D eigenvalue weighted by Gasteiger charge is 2.34. The molecule has 1 unspecified atom stereocenters. The zero-order chi connectivity index (χ0) is 25.5. The summed E-state index contributed by atoms with van der Waals surface area (Å²) >= 11 is 5.55. The first kappa shape index (κ1) is 26.4. The molecule has 186 valence electrons. The highest BCUT2D eigenvalue weighted by molar-refractivity contribution is 7.80. The van der Waals surface area contributed by atoms with Gasteiger partial charge in [-0.15, -0.1) is 0 Å². The van der Waals surface area contributed by atoms with E-state index in [1.165, 1.54) is 5.56 Å². The summed E-state index contributed by atoms with van der Waals surface area (Å²) in [5.41, 5.74) is 4.71. The number of carbonyl (C=O) groups excluding carboxylic acids is 2. The van der Waals surface area contributed by atoms with Crippen molar-refractivity contribution < 1.29 is 14.3 Å². The molecule has 0 saturated heterocycles. The van der Waals surface area contributed by atoms with Crippen molar-refractivity contribution in [2.75, 3.05) is 11.9 Å². The predicted octanol–water partition coefficient (Wildman–Crippen LogP) is 5.76. The van der Waals surface area contributed by atoms with Gasteiger partial charge in [0.05, 0.1) is 17.7 Å². The minimum Gasteiger partial charge on any atom is -0.459 e. The standard InChI is InChI=1S/C28H35N3O3S/c1-6-8-9-20-10-12-22(13-11-20)26(32)29-23-16-14-21(15-17-23)25-24(27(33)34-18(3)4)19(5)31(7-2)28(35)30-25/h10-18,25H,6-9H2,1-5H3,(H,29,32)(H,30,35). The van der Waals surface area contributed by atoms with Crippen molar-refractivity contribution in [1.29, 1.82) is 0 Å². The van der Waals surface area contributed by atoms with Crippen LogP contribution in [0, 0.1) is 0 Å². The summed E-state index contributed by atoms with van der Waals surface area (Å²) in [6.45, 7) is 10.4. The van der Waals surface area contributed by atoms with Gasteiger partial charge in [-0.1, -0.05) is 37.6 Å². The largest absolute Gasteiger partial charge is 0.459 e. The fourth-order valence-electron chi connectivity index (χ4n) is 4.12. The first-order valence-electron chi connectivity index (χ1n) is 12.2. The Labute approximate surface area is 213 Å². The molecule has 3 rings (SSSR count). The second-order valence-electron chi connectivity index (χ2n) is 8.96. The zero-order valence-corrected chi connectivity index (χ0v) is 22.0. The maximum Gasteiger partial charge on any atom is 0.338 e. The fourth-order valence-corrected chi connectivity index (χ4v) is 4.50. The topological polar surface area (TPSA) is 70.7 Å². The van der Waals surface area contributed by atoms with Crippen LogP contribution in [0.25, 0.3) is 0 Å². The molecule has 0 saturated carbocycles. The number of benzene rings is 2. The summed E-state index contributed by atoms with van der Waals surface area (Å²) in [7, 11) is 0. The first-order valence-corrected chi connectivity index (χ1v) is 12.7. The lowest BCUT2D eigenvalue weighted by atomic mass is 9.94. The molecule has 1 aliphatic heterocycles. The molecule has 1 atom stereocenters. The molecule has 0 radical (unpaired) electrons. The van der Waals surface area contributed by atoms with E-state index >= 15 is 0 Å². The van der Waals surface area contributed by atoms with Crippen LogP contribution in [0.15, 0.2) is 59.8 Å². The van der Waals surface area contributed by atoms with E-state index in [2.05, 4.69) is 17.6 Å². The lowest BCUT2D eigenvalue weighted by Gasteiger charge is -2.37. The molecular formula is C28H35N3O3S. The summed E-state index contributed by atoms with van der Waals surface area (Å²) in [4.78, 5) is 27.6. The number of thiocarbonyl (C=S) groups is 1. The molecule has 2 N–H and O–H groups in total. The van der Waals surface area contributed by atoms with Crippen molar-refractivity contribution in [3.05, 3.63) is 76.5 Å². The van der Waals surface area contributed by atoms with Gasteiger partial charge in [-0.2, -0.15) is 0 Å². The summed E-state index contributed by atoms with van der Waals surface area (Å²) in [5, 5.41) is 6.80. The van der Waals surface area contributed by atoms with Gasteiger partial charge in [-0.3, -0.25) is 4.79 Å². The van der Waals surface area contributed by atoms with Gasteiger partial charge in [0.25, 0.3) is 5.91 Å². The van der Waals surface area contributed by atoms with Gasteiger partial charge in [0.15, 0.2) is 5.11 Å². The summed E-state index contributed by atoms with van der Waals surface area (Å²) in [6, 6.07) is 14.8. The smallest absolute Gasteiger partial charge is 0.338 e. The molecule has 0 bridgehead atoms. The minimum atomic E-state index is -0.433. The Morgan fingerprint density at radius 1 is 1.09 bits per heavy atom. The Morgan fingerprint density at radius 2 is 1.74 bits per heavy atom. The Balaban J connectivity index is 1.78. The van der Waals surface area contributed by atoms with E-state index in [-0.39, 0.29) is 18.0 Å². The molecule has 0 fully saturated rings. The zero-order valence-electron chi connectivity index (χ0n) is 21.2. The van der Waals surface area contributed by atoms with Crippen LogP contribution < -0.4 is 10.6 Å². The lowest BCUT2D eigenvalue weighted by Crippen LogP contribution is -2.47. The Kier molecular flexibility index (Phi) is 9.04. The number of hydrogen-bond donors (Lipinski definition) is 2. The number of anilines is 1. The average Bonchev–Trinajstić information content (AvgIpc) is 2.83. The van der Waals surface area contributed by atoms with E-state index in [0.29, 0.717) is 28.5 Å². The molecule has 2 aromatic rings. The second kappa shape index (κ2) is 12.0. The average molecular weight is 494 g/mol. The Morgan fingerprint density at radius 3 is 2.31 bits per heavy atom. The molecule has 0 aliphatic carbocycles. The maximum atomic E-state index is 13.0. The highest BCUT2D eigenvalue weighted by Crippen LogP contribution is 2.32. The van der Waals surface area contributed by atoms with E-state index < -0.39 is 6.04 Å². The fraction of sp³-hybridized carbons (Fsp3) is 0.393. The Hall–Kier alpha value is -3.19. The quantitative estimate of drug-likeness (QED) is 0.342. The highest BCUT2D eigenvalue weighted by atomic mass is 32.1. The number of rotatable bonds is 9. The number of aryl methyl sites for hydroxylation is 1. The van der Waals surface area contributed by atoms with Crippen LogP contribution in [0.5, 0.6) is 0 Å². The number of amides is 1. The van der Waals surface area contributed by atoms with Crippen LogP contribution in [0.1, 0.15) is 75.0 Å². The van der Waals surface area contributed by atoms with E-state index in [0.717, 1.165) is 30.5 Å². The second-order valence-corrected chi connectivity index (χ2v) is 9.34. The number of hydrogen-bond acceptors (Lipinski definition) is 4. The SMILES string of the molecule is CCCCc1ccc(C(=O)Nc2ccc(C3NC(=S)N(CC)C(C)=C3C(=O)OC(C)C)cc2)cc1. The molecular weight excluding hydrogens is 458 g/mol. The molecule has 6 nitrogen and oxygen atoms in total. The van der Waals surface area contributed by atoms with Crippen molar-refractivity contribution in [3.63, 3.8) is 0 Å². The van der Waals surface area contributed by atoms with E-state index in [1.54, 1.807) is 0 Å². The molecule has 1 amide bonds. The number of carbonyl (C=O) groups is 2. The third kappa shape index (κ3) is 6.48. The number of ether oxygens (including phenoxy) is 1. The monoisotopic (exact) mass is 493 g/mol. The van der Waals surface area contributed by atoms with Crippen LogP contribution in [-0.2, 0) is 16.0 Å². The van der Waals surface area contributed by atoms with E-state index in [9.17, 15) is 9.59 Å². The normalized spacial score (nSPS) is 15.8. The van der Waals surface area contributed by atoms with Crippen molar-refractivity contribution in [1.82, 2.24) is 10.2 Å². The predicted molar refractivity (Wildman–Crippen MR) is 144 cm³/mol. The minimum absolute atomic E-state index is 0.160. The van der Waals surface area contributed by atoms with Crippen LogP contribution in [0.3, 0.4) is 0 Å². The van der Waals surface area contributed by atoms with Crippen LogP contribution >= 0.6 is 12.2 Å². The van der Waals surface area contributed by atoms with Crippen molar-refractivity contribution >= 4 is 34.9 Å². The Bertz CT molecular complexity index is 1090. The summed E-state index contributed by atoms with van der Waals surface area (Å²) in [5.74, 6) is -0.525. The third-order valence-electron chi connectivity index (χ3n) is 6.01. The third-order valence-corrected chi connectivity index (χ3v) is 6.35. The van der Waals surface area contributed by atoms with Gasteiger partial charge in [-0.25, -0.2) is 4.79 Å². The van der Waals surface area contributed by atoms with E-state index in [4.69, 9.17) is 17.0 Å². The van der Waals surface area contributed by atoms with Gasteiger partial charge in [0.1, 0.15) is 0 Å².